The molecule has 92 valence electrons. The Morgan fingerprint density at radius 2 is 1.44 bits per heavy atom. The Kier molecular flexibility index (Phi) is 4.30. The molecule has 0 saturated carbocycles. The van der Waals surface area contributed by atoms with Crippen molar-refractivity contribution in [3.8, 4) is 0 Å². The molecule has 0 aliphatic heterocycles. The normalized spacial score (nSPS) is 12.1. The minimum Gasteiger partial charge on any atom is -0.303 e. The van der Waals surface area contributed by atoms with Gasteiger partial charge >= 0.3 is 0 Å². The first-order chi connectivity index (χ1) is 8.78. The SMILES string of the molecule is Cc1ccc(CC(C=O)Cc2ccccc2)cc1. The van der Waals surface area contributed by atoms with E-state index in [1.807, 2.05) is 18.2 Å². The van der Waals surface area contributed by atoms with Gasteiger partial charge in [0.1, 0.15) is 6.29 Å². The highest BCUT2D eigenvalue weighted by Crippen LogP contribution is 2.13. The standard InChI is InChI=1S/C17H18O/c1-14-7-9-16(10-8-14)12-17(13-18)11-15-5-3-2-4-6-15/h2-10,13,17H,11-12H2,1H3. The molecule has 0 bridgehead atoms. The zero-order valence-electron chi connectivity index (χ0n) is 10.7. The first kappa shape index (κ1) is 12.6. The lowest BCUT2D eigenvalue weighted by Gasteiger charge is -2.10. The Labute approximate surface area is 108 Å². The van der Waals surface area contributed by atoms with Crippen molar-refractivity contribution in [2.45, 2.75) is 19.8 Å². The van der Waals surface area contributed by atoms with Crippen LogP contribution in [-0.2, 0) is 17.6 Å². The first-order valence-corrected chi connectivity index (χ1v) is 6.32. The molecule has 0 radical (unpaired) electrons. The van der Waals surface area contributed by atoms with E-state index in [0.29, 0.717) is 0 Å². The van der Waals surface area contributed by atoms with Crippen LogP contribution in [0.5, 0.6) is 0 Å². The monoisotopic (exact) mass is 238 g/mol. The molecule has 0 aromatic heterocycles. The first-order valence-electron chi connectivity index (χ1n) is 6.32. The molecule has 0 N–H and O–H groups in total. The summed E-state index contributed by atoms with van der Waals surface area (Å²) in [6, 6.07) is 18.6. The second-order valence-electron chi connectivity index (χ2n) is 4.78. The van der Waals surface area contributed by atoms with Crippen molar-refractivity contribution in [2.24, 2.45) is 5.92 Å². The lowest BCUT2D eigenvalue weighted by Crippen LogP contribution is -2.09. The minimum absolute atomic E-state index is 0.0649. The van der Waals surface area contributed by atoms with Gasteiger partial charge in [0, 0.05) is 5.92 Å². The molecule has 2 aromatic rings. The Morgan fingerprint density at radius 3 is 2.00 bits per heavy atom. The summed E-state index contributed by atoms with van der Waals surface area (Å²) in [4.78, 5) is 11.2. The predicted octanol–water partition coefficient (Wildman–Crippen LogP) is 3.60. The van der Waals surface area contributed by atoms with Gasteiger partial charge in [-0.05, 0) is 30.9 Å². The van der Waals surface area contributed by atoms with Crippen LogP contribution in [0.2, 0.25) is 0 Å². The van der Waals surface area contributed by atoms with Gasteiger partial charge in [-0.25, -0.2) is 0 Å². The number of aldehydes is 1. The van der Waals surface area contributed by atoms with Crippen LogP contribution in [0.25, 0.3) is 0 Å². The summed E-state index contributed by atoms with van der Waals surface area (Å²) in [5, 5.41) is 0. The maximum Gasteiger partial charge on any atom is 0.123 e. The van der Waals surface area contributed by atoms with Gasteiger partial charge in [-0.15, -0.1) is 0 Å². The van der Waals surface area contributed by atoms with Gasteiger partial charge in [0.15, 0.2) is 0 Å². The average Bonchev–Trinajstić information content (AvgIpc) is 2.41. The van der Waals surface area contributed by atoms with Gasteiger partial charge in [-0.2, -0.15) is 0 Å². The molecular formula is C17H18O. The molecule has 0 heterocycles. The Bertz CT molecular complexity index is 485. The Morgan fingerprint density at radius 1 is 0.889 bits per heavy atom. The van der Waals surface area contributed by atoms with Crippen LogP contribution in [0.15, 0.2) is 54.6 Å². The van der Waals surface area contributed by atoms with E-state index < -0.39 is 0 Å². The Balaban J connectivity index is 2.01. The number of carbonyl (C=O) groups is 1. The average molecular weight is 238 g/mol. The van der Waals surface area contributed by atoms with Gasteiger partial charge in [0.2, 0.25) is 0 Å². The molecule has 2 rings (SSSR count). The van der Waals surface area contributed by atoms with E-state index in [2.05, 4.69) is 43.3 Å². The molecule has 0 aliphatic carbocycles. The lowest BCUT2D eigenvalue weighted by atomic mass is 9.93. The molecule has 2 aromatic carbocycles. The smallest absolute Gasteiger partial charge is 0.123 e. The zero-order valence-corrected chi connectivity index (χ0v) is 10.7. The van der Waals surface area contributed by atoms with Crippen LogP contribution in [0.3, 0.4) is 0 Å². The molecule has 1 heteroatoms. The Hall–Kier alpha value is -1.89. The summed E-state index contributed by atoms with van der Waals surface area (Å²) >= 11 is 0. The molecule has 1 nitrogen and oxygen atoms in total. The number of rotatable bonds is 5. The topological polar surface area (TPSA) is 17.1 Å². The molecule has 0 amide bonds. The van der Waals surface area contributed by atoms with E-state index >= 15 is 0 Å². The highest BCUT2D eigenvalue weighted by Gasteiger charge is 2.09. The summed E-state index contributed by atoms with van der Waals surface area (Å²) in [6.45, 7) is 2.07. The van der Waals surface area contributed by atoms with Crippen molar-refractivity contribution in [1.82, 2.24) is 0 Å². The quantitative estimate of drug-likeness (QED) is 0.727. The predicted molar refractivity (Wildman–Crippen MR) is 74.6 cm³/mol. The molecule has 0 saturated heterocycles. The van der Waals surface area contributed by atoms with E-state index in [9.17, 15) is 4.79 Å². The zero-order chi connectivity index (χ0) is 12.8. The van der Waals surface area contributed by atoms with Crippen LogP contribution in [0, 0.1) is 12.8 Å². The van der Waals surface area contributed by atoms with E-state index in [1.54, 1.807) is 0 Å². The fraction of sp³-hybridized carbons (Fsp3) is 0.235. The molecule has 1 atom stereocenters. The van der Waals surface area contributed by atoms with E-state index in [4.69, 9.17) is 0 Å². The highest BCUT2D eigenvalue weighted by atomic mass is 16.1. The summed E-state index contributed by atoms with van der Waals surface area (Å²) < 4.78 is 0. The van der Waals surface area contributed by atoms with Crippen LogP contribution in [-0.4, -0.2) is 6.29 Å². The summed E-state index contributed by atoms with van der Waals surface area (Å²) in [5.74, 6) is 0.0649. The second kappa shape index (κ2) is 6.15. The van der Waals surface area contributed by atoms with E-state index in [1.165, 1.54) is 16.7 Å². The van der Waals surface area contributed by atoms with Crippen molar-refractivity contribution in [3.63, 3.8) is 0 Å². The van der Waals surface area contributed by atoms with E-state index in [0.717, 1.165) is 19.1 Å². The third kappa shape index (κ3) is 3.56. The molecule has 0 fully saturated rings. The van der Waals surface area contributed by atoms with Gasteiger partial charge in [0.25, 0.3) is 0 Å². The summed E-state index contributed by atoms with van der Waals surface area (Å²) in [6.07, 6.45) is 2.71. The van der Waals surface area contributed by atoms with Crippen molar-refractivity contribution in [3.05, 3.63) is 71.3 Å². The summed E-state index contributed by atoms with van der Waals surface area (Å²) in [5.41, 5.74) is 3.71. The van der Waals surface area contributed by atoms with Crippen LogP contribution in [0.1, 0.15) is 16.7 Å². The van der Waals surface area contributed by atoms with Gasteiger partial charge in [0.05, 0.1) is 0 Å². The number of hydrogen-bond donors (Lipinski definition) is 0. The second-order valence-corrected chi connectivity index (χ2v) is 4.78. The number of hydrogen-bond acceptors (Lipinski definition) is 1. The van der Waals surface area contributed by atoms with Crippen molar-refractivity contribution < 1.29 is 4.79 Å². The van der Waals surface area contributed by atoms with Crippen molar-refractivity contribution in [1.29, 1.82) is 0 Å². The number of benzene rings is 2. The maximum atomic E-state index is 11.2. The lowest BCUT2D eigenvalue weighted by molar-refractivity contribution is -0.111. The highest BCUT2D eigenvalue weighted by molar-refractivity contribution is 5.55. The fourth-order valence-corrected chi connectivity index (χ4v) is 2.11. The van der Waals surface area contributed by atoms with E-state index in [-0.39, 0.29) is 5.92 Å². The number of aryl methyl sites for hydroxylation is 1. The van der Waals surface area contributed by atoms with Crippen LogP contribution in [0.4, 0.5) is 0 Å². The maximum absolute atomic E-state index is 11.2. The van der Waals surface area contributed by atoms with Crippen LogP contribution < -0.4 is 0 Å². The summed E-state index contributed by atoms with van der Waals surface area (Å²) in [7, 11) is 0. The number of carbonyl (C=O) groups excluding carboxylic acids is 1. The van der Waals surface area contributed by atoms with Crippen molar-refractivity contribution >= 4 is 6.29 Å². The third-order valence-corrected chi connectivity index (χ3v) is 3.15. The van der Waals surface area contributed by atoms with Crippen molar-refractivity contribution in [2.75, 3.05) is 0 Å². The molecule has 0 spiro atoms. The third-order valence-electron chi connectivity index (χ3n) is 3.15. The fourth-order valence-electron chi connectivity index (χ4n) is 2.11. The van der Waals surface area contributed by atoms with Crippen LogP contribution >= 0.6 is 0 Å². The van der Waals surface area contributed by atoms with Gasteiger partial charge in [-0.1, -0.05) is 60.2 Å². The largest absolute Gasteiger partial charge is 0.303 e. The molecule has 0 aliphatic rings. The molecule has 1 unspecified atom stereocenters. The van der Waals surface area contributed by atoms with Gasteiger partial charge in [-0.3, -0.25) is 0 Å². The molecule has 18 heavy (non-hydrogen) atoms. The molecular weight excluding hydrogens is 220 g/mol. The minimum atomic E-state index is 0.0649. The van der Waals surface area contributed by atoms with Gasteiger partial charge < -0.3 is 4.79 Å².